The van der Waals surface area contributed by atoms with Gasteiger partial charge in [-0.05, 0) is 12.8 Å². The van der Waals surface area contributed by atoms with Crippen molar-refractivity contribution >= 4 is 17.7 Å². The summed E-state index contributed by atoms with van der Waals surface area (Å²) in [6.45, 7) is 7.90. The van der Waals surface area contributed by atoms with Crippen molar-refractivity contribution in [3.63, 3.8) is 0 Å². The topological polar surface area (TPSA) is 46.1 Å². The summed E-state index contributed by atoms with van der Waals surface area (Å²) in [4.78, 5) is 22.5. The minimum Gasteiger partial charge on any atom is -0.335 e. The number of carbonyl (C=O) groups excluding carboxylic acids is 1. The Morgan fingerprint density at radius 3 is 2.83 bits per heavy atom. The third kappa shape index (κ3) is 3.02. The lowest BCUT2D eigenvalue weighted by Crippen LogP contribution is -2.43. The van der Waals surface area contributed by atoms with Crippen molar-refractivity contribution in [1.29, 1.82) is 0 Å². The molecule has 1 amide bonds. The van der Waals surface area contributed by atoms with E-state index in [9.17, 15) is 4.79 Å². The smallest absolute Gasteiger partial charge is 0.274 e. The summed E-state index contributed by atoms with van der Waals surface area (Å²) in [7, 11) is 0. The zero-order valence-corrected chi connectivity index (χ0v) is 11.9. The quantitative estimate of drug-likeness (QED) is 0.820. The zero-order valence-electron chi connectivity index (χ0n) is 11.1. The van der Waals surface area contributed by atoms with Crippen LogP contribution in [0.2, 0.25) is 0 Å². The average Bonchev–Trinajstić information content (AvgIpc) is 2.39. The molecule has 0 N–H and O–H groups in total. The highest BCUT2D eigenvalue weighted by Crippen LogP contribution is 2.25. The van der Waals surface area contributed by atoms with Crippen molar-refractivity contribution in [1.82, 2.24) is 14.9 Å². The molecule has 98 valence electrons. The van der Waals surface area contributed by atoms with Gasteiger partial charge in [-0.15, -0.1) is 0 Å². The lowest BCUT2D eigenvalue weighted by atomic mass is 10.1. The Labute approximate surface area is 112 Å². The Morgan fingerprint density at radius 2 is 2.22 bits per heavy atom. The normalized spacial score (nSPS) is 20.2. The lowest BCUT2D eigenvalue weighted by Gasteiger charge is -2.34. The highest BCUT2D eigenvalue weighted by atomic mass is 32.2. The molecule has 1 aromatic rings. The molecule has 0 spiro atoms. The lowest BCUT2D eigenvalue weighted by molar-refractivity contribution is 0.0749. The molecule has 0 aliphatic carbocycles. The maximum atomic E-state index is 12.3. The van der Waals surface area contributed by atoms with Gasteiger partial charge in [0.15, 0.2) is 0 Å². The van der Waals surface area contributed by atoms with Gasteiger partial charge in [0.05, 0.1) is 11.9 Å². The maximum Gasteiger partial charge on any atom is 0.274 e. The van der Waals surface area contributed by atoms with Crippen LogP contribution in [0.3, 0.4) is 0 Å². The van der Waals surface area contributed by atoms with Crippen LogP contribution in [0, 0.1) is 12.8 Å². The van der Waals surface area contributed by atoms with Crippen LogP contribution in [0.5, 0.6) is 0 Å². The number of thioether (sulfide) groups is 1. The summed E-state index contributed by atoms with van der Waals surface area (Å²) in [6, 6.07) is 0. The number of carbonyl (C=O) groups is 1. The molecule has 1 aromatic heterocycles. The van der Waals surface area contributed by atoms with Crippen molar-refractivity contribution in [3.05, 3.63) is 23.8 Å². The van der Waals surface area contributed by atoms with Crippen molar-refractivity contribution < 1.29 is 4.79 Å². The van der Waals surface area contributed by atoms with Gasteiger partial charge in [0, 0.05) is 30.3 Å². The molecule has 0 saturated carbocycles. The van der Waals surface area contributed by atoms with Gasteiger partial charge in [0.25, 0.3) is 5.91 Å². The van der Waals surface area contributed by atoms with Gasteiger partial charge in [-0.1, -0.05) is 13.8 Å². The van der Waals surface area contributed by atoms with Crippen LogP contribution >= 0.6 is 11.8 Å². The molecule has 18 heavy (non-hydrogen) atoms. The number of aryl methyl sites for hydroxylation is 1. The molecule has 1 fully saturated rings. The van der Waals surface area contributed by atoms with Gasteiger partial charge in [-0.2, -0.15) is 11.8 Å². The number of amides is 1. The van der Waals surface area contributed by atoms with Gasteiger partial charge >= 0.3 is 0 Å². The number of rotatable bonds is 2. The molecule has 1 atom stereocenters. The van der Waals surface area contributed by atoms with E-state index >= 15 is 0 Å². The Hall–Kier alpha value is -1.10. The third-order valence-corrected chi connectivity index (χ3v) is 4.66. The van der Waals surface area contributed by atoms with Crippen molar-refractivity contribution in [2.75, 3.05) is 18.8 Å². The molecule has 1 aliphatic heterocycles. The third-order valence-electron chi connectivity index (χ3n) is 3.12. The molecule has 2 heterocycles. The molecule has 0 bridgehead atoms. The van der Waals surface area contributed by atoms with E-state index in [0.717, 1.165) is 24.5 Å². The van der Waals surface area contributed by atoms with Crippen molar-refractivity contribution in [2.45, 2.75) is 26.0 Å². The van der Waals surface area contributed by atoms with E-state index in [1.54, 1.807) is 12.4 Å². The first kappa shape index (κ1) is 13.3. The maximum absolute atomic E-state index is 12.3. The molecule has 1 aliphatic rings. The highest BCUT2D eigenvalue weighted by Gasteiger charge is 2.27. The minimum absolute atomic E-state index is 0.00782. The Balaban J connectivity index is 2.06. The molecule has 2 rings (SSSR count). The second kappa shape index (κ2) is 5.69. The first-order valence-electron chi connectivity index (χ1n) is 6.27. The Bertz CT molecular complexity index is 419. The molecule has 4 nitrogen and oxygen atoms in total. The molecule has 0 aromatic carbocycles. The summed E-state index contributed by atoms with van der Waals surface area (Å²) < 4.78 is 0. The van der Waals surface area contributed by atoms with Crippen LogP contribution in [0.25, 0.3) is 0 Å². The van der Waals surface area contributed by atoms with E-state index in [1.807, 2.05) is 23.6 Å². The second-order valence-electron chi connectivity index (χ2n) is 4.95. The molecule has 1 unspecified atom stereocenters. The average molecular weight is 265 g/mol. The standard InChI is InChI=1S/C13H19N3OS/c1-9(2)12-8-16(4-5-18-12)13(17)11-7-14-10(3)6-15-11/h6-7,9,12H,4-5,8H2,1-3H3. The van der Waals surface area contributed by atoms with Crippen LogP contribution in [0.1, 0.15) is 30.0 Å². The van der Waals surface area contributed by atoms with E-state index in [1.165, 1.54) is 0 Å². The Kier molecular flexibility index (Phi) is 4.22. The summed E-state index contributed by atoms with van der Waals surface area (Å²) in [6.07, 6.45) is 3.22. The Morgan fingerprint density at radius 1 is 1.44 bits per heavy atom. The number of hydrogen-bond acceptors (Lipinski definition) is 4. The van der Waals surface area contributed by atoms with Crippen molar-refractivity contribution in [3.8, 4) is 0 Å². The number of nitrogens with zero attached hydrogens (tertiary/aromatic N) is 3. The van der Waals surface area contributed by atoms with E-state index < -0.39 is 0 Å². The monoisotopic (exact) mass is 265 g/mol. The fourth-order valence-electron chi connectivity index (χ4n) is 1.93. The molecule has 0 radical (unpaired) electrons. The van der Waals surface area contributed by atoms with Gasteiger partial charge in [-0.3, -0.25) is 9.78 Å². The predicted molar refractivity (Wildman–Crippen MR) is 73.8 cm³/mol. The first-order chi connectivity index (χ1) is 8.58. The minimum atomic E-state index is 0.00782. The van der Waals surface area contributed by atoms with Crippen LogP contribution in [-0.4, -0.2) is 44.9 Å². The van der Waals surface area contributed by atoms with Gasteiger partial charge in [0.1, 0.15) is 5.69 Å². The van der Waals surface area contributed by atoms with Crippen LogP contribution < -0.4 is 0 Å². The molecular formula is C13H19N3OS. The summed E-state index contributed by atoms with van der Waals surface area (Å²) in [5, 5.41) is 0.529. The van der Waals surface area contributed by atoms with Crippen LogP contribution in [0.15, 0.2) is 12.4 Å². The van der Waals surface area contributed by atoms with E-state index in [-0.39, 0.29) is 5.91 Å². The predicted octanol–water partition coefficient (Wildman–Crippen LogP) is 2.00. The summed E-state index contributed by atoms with van der Waals surface area (Å²) in [5.41, 5.74) is 1.29. The zero-order chi connectivity index (χ0) is 13.1. The van der Waals surface area contributed by atoms with Gasteiger partial charge < -0.3 is 4.90 Å². The van der Waals surface area contributed by atoms with Crippen LogP contribution in [-0.2, 0) is 0 Å². The number of hydrogen-bond donors (Lipinski definition) is 0. The first-order valence-corrected chi connectivity index (χ1v) is 7.32. The van der Waals surface area contributed by atoms with E-state index in [0.29, 0.717) is 16.9 Å². The van der Waals surface area contributed by atoms with E-state index in [4.69, 9.17) is 0 Å². The fourth-order valence-corrected chi connectivity index (χ4v) is 3.23. The molecular weight excluding hydrogens is 246 g/mol. The van der Waals surface area contributed by atoms with Crippen LogP contribution in [0.4, 0.5) is 0 Å². The van der Waals surface area contributed by atoms with Gasteiger partial charge in [-0.25, -0.2) is 4.98 Å². The van der Waals surface area contributed by atoms with Gasteiger partial charge in [0.2, 0.25) is 0 Å². The molecule has 5 heteroatoms. The summed E-state index contributed by atoms with van der Waals surface area (Å²) >= 11 is 1.96. The summed E-state index contributed by atoms with van der Waals surface area (Å²) in [5.74, 6) is 1.61. The fraction of sp³-hybridized carbons (Fsp3) is 0.615. The second-order valence-corrected chi connectivity index (χ2v) is 6.29. The molecule has 1 saturated heterocycles. The van der Waals surface area contributed by atoms with Crippen molar-refractivity contribution in [2.24, 2.45) is 5.92 Å². The number of aromatic nitrogens is 2. The van der Waals surface area contributed by atoms with E-state index in [2.05, 4.69) is 23.8 Å². The SMILES string of the molecule is Cc1cnc(C(=O)N2CCSC(C(C)C)C2)cn1. The highest BCUT2D eigenvalue weighted by molar-refractivity contribution is 8.00. The largest absolute Gasteiger partial charge is 0.335 e.